The van der Waals surface area contributed by atoms with Crippen LogP contribution < -0.4 is 5.73 Å². The minimum absolute atomic E-state index is 0.377. The van der Waals surface area contributed by atoms with Gasteiger partial charge in [-0.25, -0.2) is 9.18 Å². The minimum atomic E-state index is -0.997. The van der Waals surface area contributed by atoms with Gasteiger partial charge in [0, 0.05) is 22.7 Å². The predicted molar refractivity (Wildman–Crippen MR) is 126 cm³/mol. The molecule has 0 spiro atoms. The number of halogens is 1. The molecule has 0 aliphatic rings. The highest BCUT2D eigenvalue weighted by atomic mass is 19.1. The highest BCUT2D eigenvalue weighted by Gasteiger charge is 2.16. The second-order valence-corrected chi connectivity index (χ2v) is 7.40. The van der Waals surface area contributed by atoms with Gasteiger partial charge < -0.3 is 10.8 Å². The Morgan fingerprint density at radius 2 is 1.84 bits per heavy atom. The molecular formula is C26H22FN3O2. The van der Waals surface area contributed by atoms with E-state index in [1.165, 1.54) is 12.1 Å². The average Bonchev–Trinajstić information content (AvgIpc) is 3.25. The monoisotopic (exact) mass is 427 g/mol. The quantitative estimate of drug-likeness (QED) is 0.207. The molecule has 3 aromatic carbocycles. The molecule has 4 N–H and O–H groups in total. The number of carboxylic acid groups (broad SMARTS) is 1. The molecule has 160 valence electrons. The fraction of sp³-hybridized carbons (Fsp3) is 0.0769. The number of rotatable bonds is 6. The standard InChI is InChI=1S/C26H22FN3O2/c1-2-21(22-10-9-20(27)14-23(22)28)26(18-8-11-24-19(13-18)15-29-30-24)17-6-3-16(4-7-17)5-12-25(31)32/h3-15H,2,28H2,1H3,(H,29,30)(H,31,32)/b12-5+,26-21+. The molecule has 32 heavy (non-hydrogen) atoms. The molecule has 0 radical (unpaired) electrons. The van der Waals surface area contributed by atoms with Crippen molar-refractivity contribution >= 4 is 39.8 Å². The number of nitrogens with zero attached hydrogens (tertiary/aromatic N) is 1. The molecule has 0 fully saturated rings. The number of carboxylic acids is 1. The molecule has 0 atom stereocenters. The number of carbonyl (C=O) groups is 1. The van der Waals surface area contributed by atoms with Gasteiger partial charge in [-0.3, -0.25) is 5.10 Å². The second kappa shape index (κ2) is 8.89. The van der Waals surface area contributed by atoms with E-state index >= 15 is 0 Å². The fourth-order valence-electron chi connectivity index (χ4n) is 3.85. The van der Waals surface area contributed by atoms with Crippen LogP contribution in [0.1, 0.15) is 35.6 Å². The van der Waals surface area contributed by atoms with Crippen molar-refractivity contribution in [3.63, 3.8) is 0 Å². The SMILES string of the molecule is CC/C(=C(/c1ccc(/C=C/C(=O)O)cc1)c1ccc2[nH]ncc2c1)c1ccc(F)cc1N. The van der Waals surface area contributed by atoms with Crippen LogP contribution in [0.3, 0.4) is 0 Å². The number of H-pyrrole nitrogens is 1. The smallest absolute Gasteiger partial charge is 0.328 e. The van der Waals surface area contributed by atoms with Gasteiger partial charge in [0.1, 0.15) is 5.82 Å². The van der Waals surface area contributed by atoms with Gasteiger partial charge in [0.15, 0.2) is 0 Å². The van der Waals surface area contributed by atoms with E-state index in [1.807, 2.05) is 43.3 Å². The summed E-state index contributed by atoms with van der Waals surface area (Å²) in [4.78, 5) is 10.8. The van der Waals surface area contributed by atoms with E-state index < -0.39 is 5.97 Å². The number of allylic oxidation sites excluding steroid dienone is 1. The van der Waals surface area contributed by atoms with Crippen molar-refractivity contribution in [1.29, 1.82) is 0 Å². The van der Waals surface area contributed by atoms with Gasteiger partial charge in [0.05, 0.1) is 11.7 Å². The van der Waals surface area contributed by atoms with Crippen molar-refractivity contribution < 1.29 is 14.3 Å². The van der Waals surface area contributed by atoms with E-state index in [1.54, 1.807) is 18.3 Å². The number of anilines is 1. The Morgan fingerprint density at radius 3 is 2.53 bits per heavy atom. The van der Waals surface area contributed by atoms with Crippen LogP contribution in [0.15, 0.2) is 72.9 Å². The summed E-state index contributed by atoms with van der Waals surface area (Å²) in [6.45, 7) is 2.04. The van der Waals surface area contributed by atoms with Crippen LogP contribution in [0.5, 0.6) is 0 Å². The Morgan fingerprint density at radius 1 is 1.09 bits per heavy atom. The van der Waals surface area contributed by atoms with E-state index in [4.69, 9.17) is 10.8 Å². The third kappa shape index (κ3) is 4.30. The van der Waals surface area contributed by atoms with Crippen molar-refractivity contribution in [2.24, 2.45) is 0 Å². The summed E-state index contributed by atoms with van der Waals surface area (Å²) < 4.78 is 13.7. The topological polar surface area (TPSA) is 92.0 Å². The van der Waals surface area contributed by atoms with Gasteiger partial charge in [-0.05, 0) is 70.7 Å². The lowest BCUT2D eigenvalue weighted by molar-refractivity contribution is -0.131. The minimum Gasteiger partial charge on any atom is -0.478 e. The molecular weight excluding hydrogens is 405 g/mol. The number of fused-ring (bicyclic) bond motifs is 1. The molecule has 0 saturated heterocycles. The summed E-state index contributed by atoms with van der Waals surface area (Å²) in [6, 6.07) is 18.1. The summed E-state index contributed by atoms with van der Waals surface area (Å²) in [5.74, 6) is -1.37. The van der Waals surface area contributed by atoms with E-state index in [0.29, 0.717) is 12.1 Å². The van der Waals surface area contributed by atoms with Crippen molar-refractivity contribution in [2.45, 2.75) is 13.3 Å². The number of hydrogen-bond donors (Lipinski definition) is 3. The molecule has 6 heteroatoms. The van der Waals surface area contributed by atoms with E-state index in [-0.39, 0.29) is 5.82 Å². The molecule has 0 unspecified atom stereocenters. The molecule has 1 heterocycles. The number of aliphatic carboxylic acids is 1. The third-order valence-corrected chi connectivity index (χ3v) is 5.34. The van der Waals surface area contributed by atoms with Crippen LogP contribution in [0.25, 0.3) is 28.1 Å². The Balaban J connectivity index is 1.93. The highest BCUT2D eigenvalue weighted by Crippen LogP contribution is 2.37. The molecule has 4 aromatic rings. The fourth-order valence-corrected chi connectivity index (χ4v) is 3.85. The maximum atomic E-state index is 13.7. The Labute approximate surface area is 184 Å². The molecule has 0 aliphatic heterocycles. The van der Waals surface area contributed by atoms with Crippen molar-refractivity contribution in [2.75, 3.05) is 5.73 Å². The van der Waals surface area contributed by atoms with Crippen LogP contribution in [-0.2, 0) is 4.79 Å². The summed E-state index contributed by atoms with van der Waals surface area (Å²) >= 11 is 0. The van der Waals surface area contributed by atoms with Gasteiger partial charge in [-0.15, -0.1) is 0 Å². The second-order valence-electron chi connectivity index (χ2n) is 7.40. The van der Waals surface area contributed by atoms with E-state index in [2.05, 4.69) is 16.3 Å². The maximum Gasteiger partial charge on any atom is 0.328 e. The first-order chi connectivity index (χ1) is 15.5. The van der Waals surface area contributed by atoms with Gasteiger partial charge in [0.25, 0.3) is 0 Å². The highest BCUT2D eigenvalue weighted by molar-refractivity contribution is 6.02. The van der Waals surface area contributed by atoms with Crippen molar-refractivity contribution in [3.05, 3.63) is 101 Å². The maximum absolute atomic E-state index is 13.7. The van der Waals surface area contributed by atoms with Crippen LogP contribution in [-0.4, -0.2) is 21.3 Å². The normalized spacial score (nSPS) is 12.3. The first-order valence-electron chi connectivity index (χ1n) is 10.2. The zero-order valence-corrected chi connectivity index (χ0v) is 17.5. The number of nitrogens with one attached hydrogen (secondary N) is 1. The zero-order valence-electron chi connectivity index (χ0n) is 17.5. The van der Waals surface area contributed by atoms with Crippen molar-refractivity contribution in [1.82, 2.24) is 10.2 Å². The Bertz CT molecular complexity index is 1350. The molecule has 0 aliphatic carbocycles. The summed E-state index contributed by atoms with van der Waals surface area (Å²) in [6.07, 6.45) is 5.10. The first-order valence-corrected chi connectivity index (χ1v) is 10.2. The molecule has 0 amide bonds. The number of aromatic amines is 1. The van der Waals surface area contributed by atoms with Gasteiger partial charge in [-0.1, -0.05) is 37.3 Å². The Hall–Kier alpha value is -4.19. The molecule has 5 nitrogen and oxygen atoms in total. The van der Waals surface area contributed by atoms with Gasteiger partial charge >= 0.3 is 5.97 Å². The largest absolute Gasteiger partial charge is 0.478 e. The van der Waals surface area contributed by atoms with Gasteiger partial charge in [0.2, 0.25) is 0 Å². The van der Waals surface area contributed by atoms with Crippen LogP contribution >= 0.6 is 0 Å². The summed E-state index contributed by atoms with van der Waals surface area (Å²) in [5.41, 5.74) is 13.0. The average molecular weight is 427 g/mol. The third-order valence-electron chi connectivity index (χ3n) is 5.34. The first kappa shape index (κ1) is 21.1. The van der Waals surface area contributed by atoms with Crippen LogP contribution in [0.4, 0.5) is 10.1 Å². The molecule has 0 bridgehead atoms. The number of aromatic nitrogens is 2. The predicted octanol–water partition coefficient (Wildman–Crippen LogP) is 5.75. The summed E-state index contributed by atoms with van der Waals surface area (Å²) in [5, 5.41) is 16.9. The number of nitrogen functional groups attached to an aromatic ring is 1. The molecule has 0 saturated carbocycles. The van der Waals surface area contributed by atoms with E-state index in [0.717, 1.165) is 50.4 Å². The summed E-state index contributed by atoms with van der Waals surface area (Å²) in [7, 11) is 0. The van der Waals surface area contributed by atoms with Crippen LogP contribution in [0, 0.1) is 5.82 Å². The lowest BCUT2D eigenvalue weighted by atomic mass is 9.87. The van der Waals surface area contributed by atoms with E-state index in [9.17, 15) is 9.18 Å². The molecule has 4 rings (SSSR count). The lowest BCUT2D eigenvalue weighted by Crippen LogP contribution is -1.99. The lowest BCUT2D eigenvalue weighted by Gasteiger charge is -2.18. The van der Waals surface area contributed by atoms with Gasteiger partial charge in [-0.2, -0.15) is 5.10 Å². The number of nitrogens with two attached hydrogens (primary N) is 1. The molecule has 1 aromatic heterocycles. The zero-order chi connectivity index (χ0) is 22.7. The number of benzene rings is 3. The number of hydrogen-bond acceptors (Lipinski definition) is 3. The Kier molecular flexibility index (Phi) is 5.85. The van der Waals surface area contributed by atoms with Crippen molar-refractivity contribution in [3.8, 4) is 0 Å². The van der Waals surface area contributed by atoms with Crippen LogP contribution in [0.2, 0.25) is 0 Å².